The molecule has 4 nitrogen and oxygen atoms in total. The first kappa shape index (κ1) is 16.1. The number of hydrogen-bond acceptors (Lipinski definition) is 2. The van der Waals surface area contributed by atoms with E-state index in [0.29, 0.717) is 13.1 Å². The molecule has 0 spiro atoms. The van der Waals surface area contributed by atoms with Crippen molar-refractivity contribution in [2.45, 2.75) is 13.0 Å². The Morgan fingerprint density at radius 1 is 1.16 bits per heavy atom. The molecule has 1 fully saturated rings. The maximum absolute atomic E-state index is 13.8. The van der Waals surface area contributed by atoms with Crippen LogP contribution in [0.4, 0.5) is 4.39 Å². The van der Waals surface area contributed by atoms with Gasteiger partial charge in [0.05, 0.1) is 38.3 Å². The van der Waals surface area contributed by atoms with Gasteiger partial charge in [-0.1, -0.05) is 12.1 Å². The number of benzene rings is 2. The van der Waals surface area contributed by atoms with Gasteiger partial charge in [-0.25, -0.2) is 4.39 Å². The minimum absolute atomic E-state index is 0.171. The molecule has 0 aromatic heterocycles. The lowest BCUT2D eigenvalue weighted by atomic mass is 10.1. The van der Waals surface area contributed by atoms with Crippen LogP contribution in [0.1, 0.15) is 21.5 Å². The summed E-state index contributed by atoms with van der Waals surface area (Å²) < 4.78 is 19.4. The second kappa shape index (κ2) is 6.84. The van der Waals surface area contributed by atoms with Gasteiger partial charge < -0.3 is 14.5 Å². The van der Waals surface area contributed by atoms with Crippen molar-refractivity contribution in [3.8, 4) is 5.75 Å². The molecule has 2 heterocycles. The quantitative estimate of drug-likeness (QED) is 0.913. The molecule has 4 rings (SSSR count). The first-order valence-corrected chi connectivity index (χ1v) is 8.83. The maximum atomic E-state index is 13.8. The second-order valence-electron chi connectivity index (χ2n) is 6.74. The molecule has 0 bridgehead atoms. The number of carbonyl (C=O) groups excluding carboxylic acids is 1. The van der Waals surface area contributed by atoms with Crippen LogP contribution < -0.4 is 9.64 Å². The zero-order valence-electron chi connectivity index (χ0n) is 14.1. The minimum atomic E-state index is -0.442. The Morgan fingerprint density at radius 2 is 1.96 bits per heavy atom. The van der Waals surface area contributed by atoms with E-state index in [2.05, 4.69) is 18.2 Å². The van der Waals surface area contributed by atoms with Gasteiger partial charge in [0.2, 0.25) is 0 Å². The van der Waals surface area contributed by atoms with E-state index in [1.54, 1.807) is 23.1 Å². The summed E-state index contributed by atoms with van der Waals surface area (Å²) in [7, 11) is 0. The Hall–Kier alpha value is -2.40. The molecule has 2 aromatic rings. The van der Waals surface area contributed by atoms with Crippen LogP contribution in [-0.4, -0.2) is 43.6 Å². The number of nitrogens with zero attached hydrogens (tertiary/aromatic N) is 1. The van der Waals surface area contributed by atoms with Crippen molar-refractivity contribution in [1.82, 2.24) is 4.90 Å². The molecular weight excluding hydrogens is 319 g/mol. The van der Waals surface area contributed by atoms with Crippen molar-refractivity contribution in [2.24, 2.45) is 0 Å². The van der Waals surface area contributed by atoms with E-state index >= 15 is 0 Å². The predicted octanol–water partition coefficient (Wildman–Crippen LogP) is 1.30. The SMILES string of the molecule is O=C(c1ccccc1F)N1CC[NH+](Cc2ccc3c(c2)CCO3)CC1. The summed E-state index contributed by atoms with van der Waals surface area (Å²) in [5, 5.41) is 0. The number of piperazine rings is 1. The molecule has 25 heavy (non-hydrogen) atoms. The van der Waals surface area contributed by atoms with E-state index in [9.17, 15) is 9.18 Å². The van der Waals surface area contributed by atoms with Gasteiger partial charge in [0.15, 0.2) is 0 Å². The Bertz CT molecular complexity index is 785. The van der Waals surface area contributed by atoms with Crippen molar-refractivity contribution in [3.63, 3.8) is 0 Å². The zero-order valence-corrected chi connectivity index (χ0v) is 14.1. The summed E-state index contributed by atoms with van der Waals surface area (Å²) in [4.78, 5) is 15.7. The number of amides is 1. The van der Waals surface area contributed by atoms with Gasteiger partial charge in [-0.15, -0.1) is 0 Å². The van der Waals surface area contributed by atoms with Gasteiger partial charge in [0, 0.05) is 12.0 Å². The Labute approximate surface area is 146 Å². The molecule has 5 heteroatoms. The van der Waals surface area contributed by atoms with E-state index in [1.165, 1.54) is 22.1 Å². The van der Waals surface area contributed by atoms with Crippen LogP contribution in [0.25, 0.3) is 0 Å². The van der Waals surface area contributed by atoms with Crippen LogP contribution in [0, 0.1) is 5.82 Å². The van der Waals surface area contributed by atoms with E-state index in [0.717, 1.165) is 38.4 Å². The van der Waals surface area contributed by atoms with E-state index in [-0.39, 0.29) is 11.5 Å². The largest absolute Gasteiger partial charge is 0.493 e. The summed E-state index contributed by atoms with van der Waals surface area (Å²) in [5.41, 5.74) is 2.78. The zero-order chi connectivity index (χ0) is 17.2. The number of ether oxygens (including phenoxy) is 1. The highest BCUT2D eigenvalue weighted by Gasteiger charge is 2.26. The lowest BCUT2D eigenvalue weighted by molar-refractivity contribution is -0.917. The Balaban J connectivity index is 1.35. The van der Waals surface area contributed by atoms with Gasteiger partial charge in [-0.2, -0.15) is 0 Å². The van der Waals surface area contributed by atoms with E-state index in [1.807, 2.05) is 0 Å². The molecule has 2 aromatic carbocycles. The average Bonchev–Trinajstić information content (AvgIpc) is 3.10. The molecule has 1 amide bonds. The number of halogens is 1. The standard InChI is InChI=1S/C20H21FN2O2/c21-18-4-2-1-3-17(18)20(24)23-10-8-22(9-11-23)14-15-5-6-19-16(13-15)7-12-25-19/h1-6,13H,7-12,14H2/p+1. The minimum Gasteiger partial charge on any atom is -0.493 e. The first-order valence-electron chi connectivity index (χ1n) is 8.83. The molecule has 130 valence electrons. The maximum Gasteiger partial charge on any atom is 0.257 e. The van der Waals surface area contributed by atoms with Crippen LogP contribution in [0.5, 0.6) is 5.75 Å². The fourth-order valence-electron chi connectivity index (χ4n) is 3.65. The molecule has 2 aliphatic heterocycles. The second-order valence-corrected chi connectivity index (χ2v) is 6.74. The van der Waals surface area contributed by atoms with Crippen molar-refractivity contribution in [3.05, 3.63) is 65.0 Å². The third-order valence-corrected chi connectivity index (χ3v) is 5.07. The Kier molecular flexibility index (Phi) is 4.40. The van der Waals surface area contributed by atoms with Crippen molar-refractivity contribution in [2.75, 3.05) is 32.8 Å². The highest BCUT2D eigenvalue weighted by molar-refractivity contribution is 5.94. The monoisotopic (exact) mass is 341 g/mol. The number of carbonyl (C=O) groups is 1. The van der Waals surface area contributed by atoms with Gasteiger partial charge >= 0.3 is 0 Å². The van der Waals surface area contributed by atoms with Crippen LogP contribution >= 0.6 is 0 Å². The predicted molar refractivity (Wildman–Crippen MR) is 92.3 cm³/mol. The average molecular weight is 341 g/mol. The highest BCUT2D eigenvalue weighted by atomic mass is 19.1. The topological polar surface area (TPSA) is 34.0 Å². The van der Waals surface area contributed by atoms with Crippen molar-refractivity contribution >= 4 is 5.91 Å². The molecule has 1 saturated heterocycles. The molecule has 0 atom stereocenters. The third kappa shape index (κ3) is 3.37. The molecular formula is C20H22FN2O2+. The number of fused-ring (bicyclic) bond motifs is 1. The van der Waals surface area contributed by atoms with Crippen molar-refractivity contribution < 1.29 is 18.8 Å². The van der Waals surface area contributed by atoms with Gasteiger partial charge in [0.1, 0.15) is 18.1 Å². The van der Waals surface area contributed by atoms with Crippen LogP contribution in [0.2, 0.25) is 0 Å². The number of hydrogen-bond donors (Lipinski definition) is 1. The molecule has 0 unspecified atom stereocenters. The van der Waals surface area contributed by atoms with Gasteiger partial charge in [0.25, 0.3) is 5.91 Å². The third-order valence-electron chi connectivity index (χ3n) is 5.07. The lowest BCUT2D eigenvalue weighted by Crippen LogP contribution is -3.13. The summed E-state index contributed by atoms with van der Waals surface area (Å²) in [6, 6.07) is 12.6. The summed E-state index contributed by atoms with van der Waals surface area (Å²) in [6.07, 6.45) is 0.990. The molecule has 0 saturated carbocycles. The molecule has 0 aliphatic carbocycles. The highest BCUT2D eigenvalue weighted by Crippen LogP contribution is 2.25. The summed E-state index contributed by atoms with van der Waals surface area (Å²) in [6.45, 7) is 4.83. The summed E-state index contributed by atoms with van der Waals surface area (Å²) >= 11 is 0. The number of quaternary nitrogens is 1. The lowest BCUT2D eigenvalue weighted by Gasteiger charge is -2.32. The van der Waals surface area contributed by atoms with Gasteiger partial charge in [-0.3, -0.25) is 4.79 Å². The van der Waals surface area contributed by atoms with Crippen LogP contribution in [-0.2, 0) is 13.0 Å². The van der Waals surface area contributed by atoms with Crippen molar-refractivity contribution in [1.29, 1.82) is 0 Å². The fraction of sp³-hybridized carbons (Fsp3) is 0.350. The molecule has 1 N–H and O–H groups in total. The van der Waals surface area contributed by atoms with E-state index in [4.69, 9.17) is 4.74 Å². The van der Waals surface area contributed by atoms with Crippen LogP contribution in [0.15, 0.2) is 42.5 Å². The van der Waals surface area contributed by atoms with Crippen LogP contribution in [0.3, 0.4) is 0 Å². The molecule has 2 aliphatic rings. The Morgan fingerprint density at radius 3 is 2.76 bits per heavy atom. The summed E-state index contributed by atoms with van der Waals surface area (Å²) in [5.74, 6) is 0.369. The normalized spacial score (nSPS) is 17.2. The number of nitrogens with one attached hydrogen (secondary N) is 1. The van der Waals surface area contributed by atoms with Gasteiger partial charge in [-0.05, 0) is 35.9 Å². The number of rotatable bonds is 3. The van der Waals surface area contributed by atoms with E-state index < -0.39 is 5.82 Å². The smallest absolute Gasteiger partial charge is 0.257 e. The molecule has 0 radical (unpaired) electrons. The fourth-order valence-corrected chi connectivity index (χ4v) is 3.65. The first-order chi connectivity index (χ1) is 12.2.